The van der Waals surface area contributed by atoms with E-state index < -0.39 is 0 Å². The first-order valence-corrected chi connectivity index (χ1v) is 19.0. The summed E-state index contributed by atoms with van der Waals surface area (Å²) in [7, 11) is 0.583. The average Bonchev–Trinajstić information content (AvgIpc) is 2.94. The van der Waals surface area contributed by atoms with Crippen LogP contribution < -0.4 is 0 Å². The van der Waals surface area contributed by atoms with E-state index in [1.54, 1.807) is 0 Å². The fraction of sp³-hybridized carbons (Fsp3) is 0.412. The largest absolute Gasteiger partial charge is 0.114 e. The maximum Gasteiger partial charge on any atom is 0.0543 e. The normalized spacial score (nSPS) is 11.4. The zero-order valence-corrected chi connectivity index (χ0v) is 31.2. The molecular formula is C34H46Br2P2Pd+. The molecule has 215 valence electrons. The van der Waals surface area contributed by atoms with E-state index in [1.807, 2.05) is 0 Å². The molecule has 0 spiro atoms. The van der Waals surface area contributed by atoms with E-state index in [9.17, 15) is 0 Å². The van der Waals surface area contributed by atoms with Gasteiger partial charge in [0.2, 0.25) is 0 Å². The third-order valence-corrected chi connectivity index (χ3v) is 14.3. The second-order valence-electron chi connectivity index (χ2n) is 9.70. The number of fused-ring (bicyclic) bond motifs is 4. The van der Waals surface area contributed by atoms with Crippen LogP contribution in [0.15, 0.2) is 65.1 Å². The van der Waals surface area contributed by atoms with Crippen molar-refractivity contribution in [3.63, 3.8) is 0 Å². The van der Waals surface area contributed by atoms with Crippen LogP contribution in [0.25, 0.3) is 21.5 Å². The monoisotopic (exact) mass is 780 g/mol. The molecule has 4 aromatic carbocycles. The van der Waals surface area contributed by atoms with Crippen molar-refractivity contribution in [2.75, 3.05) is 37.0 Å². The molecule has 0 nitrogen and oxygen atoms in total. The van der Waals surface area contributed by atoms with E-state index in [-0.39, 0.29) is 45.3 Å². The van der Waals surface area contributed by atoms with Gasteiger partial charge in [-0.15, -0.1) is 24.9 Å². The summed E-state index contributed by atoms with van der Waals surface area (Å²) < 4.78 is 1.18. The SMILES string of the molecule is Br.Brc1c2ccccc2[c]c2cc3c(cc12)Cc1ccccc1C3.CCP(CC)CC.CC[PH+](CC)CC.[Pd]. The number of rotatable bonds is 6. The van der Waals surface area contributed by atoms with Crippen LogP contribution in [-0.2, 0) is 33.3 Å². The molecule has 0 aliphatic heterocycles. The summed E-state index contributed by atoms with van der Waals surface area (Å²) in [5.74, 6) is 0. The topological polar surface area (TPSA) is 0 Å². The summed E-state index contributed by atoms with van der Waals surface area (Å²) in [4.78, 5) is 0. The second-order valence-corrected chi connectivity index (χ2v) is 17.4. The summed E-state index contributed by atoms with van der Waals surface area (Å²) in [5, 5.41) is 4.87. The Morgan fingerprint density at radius 1 is 0.667 bits per heavy atom. The van der Waals surface area contributed by atoms with Gasteiger partial charge >= 0.3 is 0 Å². The van der Waals surface area contributed by atoms with Crippen LogP contribution >= 0.6 is 48.8 Å². The van der Waals surface area contributed by atoms with E-state index >= 15 is 0 Å². The maximum absolute atomic E-state index is 3.82. The van der Waals surface area contributed by atoms with Gasteiger partial charge in [0.15, 0.2) is 0 Å². The van der Waals surface area contributed by atoms with Crippen molar-refractivity contribution >= 4 is 70.3 Å². The molecule has 0 amide bonds. The first-order chi connectivity index (χ1) is 18.0. The van der Waals surface area contributed by atoms with Gasteiger partial charge in [-0.3, -0.25) is 0 Å². The number of benzene rings is 4. The van der Waals surface area contributed by atoms with Crippen molar-refractivity contribution in [1.29, 1.82) is 0 Å². The predicted molar refractivity (Wildman–Crippen MR) is 189 cm³/mol. The predicted octanol–water partition coefficient (Wildman–Crippen LogP) is 11.4. The molecular weight excluding hydrogens is 737 g/mol. The molecule has 1 aliphatic carbocycles. The zero-order chi connectivity index (χ0) is 26.8. The van der Waals surface area contributed by atoms with Crippen LogP contribution in [-0.4, -0.2) is 37.0 Å². The third-order valence-electron chi connectivity index (χ3n) is 7.73. The minimum Gasteiger partial charge on any atom is -0.114 e. The van der Waals surface area contributed by atoms with Crippen LogP contribution in [0.2, 0.25) is 0 Å². The molecule has 0 N–H and O–H groups in total. The number of hydrogen-bond donors (Lipinski definition) is 0. The molecule has 1 radical (unpaired) electrons. The van der Waals surface area contributed by atoms with Crippen molar-refractivity contribution in [3.05, 3.63) is 93.5 Å². The van der Waals surface area contributed by atoms with Gasteiger partial charge in [0.05, 0.1) is 18.5 Å². The van der Waals surface area contributed by atoms with Gasteiger partial charge in [0.25, 0.3) is 0 Å². The van der Waals surface area contributed by atoms with Gasteiger partial charge in [-0.05, 0) is 138 Å². The van der Waals surface area contributed by atoms with E-state index in [0.29, 0.717) is 7.92 Å². The first-order valence-electron chi connectivity index (χ1n) is 14.2. The van der Waals surface area contributed by atoms with Crippen LogP contribution in [0.1, 0.15) is 63.8 Å². The van der Waals surface area contributed by atoms with Crippen molar-refractivity contribution in [2.45, 2.75) is 54.4 Å². The minimum absolute atomic E-state index is 0. The van der Waals surface area contributed by atoms with Crippen LogP contribution in [0.3, 0.4) is 0 Å². The van der Waals surface area contributed by atoms with Crippen molar-refractivity contribution < 1.29 is 20.4 Å². The quantitative estimate of drug-likeness (QED) is 0.0914. The Morgan fingerprint density at radius 3 is 1.62 bits per heavy atom. The maximum atomic E-state index is 3.82. The molecule has 4 aromatic rings. The molecule has 5 rings (SSSR count). The van der Waals surface area contributed by atoms with E-state index in [0.717, 1.165) is 12.8 Å². The molecule has 0 fully saturated rings. The molecule has 0 saturated carbocycles. The summed E-state index contributed by atoms with van der Waals surface area (Å²) in [5.41, 5.74) is 5.80. The standard InChI is InChI=1S/C22H14Br.2C6H15P.BrH.Pd/c23-22-20-8-4-3-7-16(20)11-19-12-17-9-14-5-1-2-6-15(14)10-18(17)13-21(19)22;2*1-4-7(5-2)6-3;;/h1-8,12-13H,9-10H2;2*4-6H2,1-3H3;1H;/p+1. The van der Waals surface area contributed by atoms with E-state index in [1.165, 1.54) is 85.2 Å². The molecule has 0 aromatic heterocycles. The Balaban J connectivity index is 0.000000402. The molecule has 0 bridgehead atoms. The molecule has 39 heavy (non-hydrogen) atoms. The smallest absolute Gasteiger partial charge is 0.0543 e. The molecule has 1 aliphatic rings. The van der Waals surface area contributed by atoms with Gasteiger partial charge in [0, 0.05) is 24.9 Å². The molecule has 0 heterocycles. The second kappa shape index (κ2) is 19.1. The van der Waals surface area contributed by atoms with Crippen LogP contribution in [0, 0.1) is 6.07 Å². The third kappa shape index (κ3) is 9.99. The van der Waals surface area contributed by atoms with E-state index in [2.05, 4.69) is 124 Å². The van der Waals surface area contributed by atoms with Gasteiger partial charge in [0.1, 0.15) is 0 Å². The van der Waals surface area contributed by atoms with Gasteiger partial charge < -0.3 is 0 Å². The zero-order valence-electron chi connectivity index (χ0n) is 24.5. The molecule has 0 atom stereocenters. The van der Waals surface area contributed by atoms with E-state index in [4.69, 9.17) is 0 Å². The summed E-state index contributed by atoms with van der Waals surface area (Å²) in [6, 6.07) is 25.5. The van der Waals surface area contributed by atoms with Gasteiger partial charge in [-0.1, -0.05) is 69.3 Å². The molecule has 0 unspecified atom stereocenters. The van der Waals surface area contributed by atoms with Crippen molar-refractivity contribution in [2.24, 2.45) is 0 Å². The Morgan fingerprint density at radius 2 is 1.15 bits per heavy atom. The Hall–Kier alpha value is -0.118. The van der Waals surface area contributed by atoms with Crippen LogP contribution in [0.5, 0.6) is 0 Å². The van der Waals surface area contributed by atoms with Gasteiger partial charge in [-0.2, -0.15) is 0 Å². The first kappa shape index (κ1) is 36.9. The Bertz CT molecular complexity index is 1260. The van der Waals surface area contributed by atoms with Crippen LogP contribution in [0.4, 0.5) is 0 Å². The Kier molecular flexibility index (Phi) is 18.1. The average molecular weight is 783 g/mol. The molecule has 5 heteroatoms. The van der Waals surface area contributed by atoms with Crippen molar-refractivity contribution in [1.82, 2.24) is 0 Å². The summed E-state index contributed by atoms with van der Waals surface area (Å²) >= 11 is 3.82. The number of hydrogen-bond acceptors (Lipinski definition) is 0. The minimum atomic E-state index is 0. The number of halogens is 2. The molecule has 0 saturated heterocycles. The fourth-order valence-corrected chi connectivity index (χ4v) is 8.63. The summed E-state index contributed by atoms with van der Waals surface area (Å²) in [6.07, 6.45) is 10.7. The summed E-state index contributed by atoms with van der Waals surface area (Å²) in [6.45, 7) is 13.8. The Labute approximate surface area is 273 Å². The van der Waals surface area contributed by atoms with Gasteiger partial charge in [-0.25, -0.2) is 0 Å². The fourth-order valence-electron chi connectivity index (χ4n) is 5.11. The van der Waals surface area contributed by atoms with Crippen molar-refractivity contribution in [3.8, 4) is 0 Å².